The number of halogens is 1. The first-order chi connectivity index (χ1) is 17.8. The molecule has 2 amide bonds. The van der Waals surface area contributed by atoms with Crippen LogP contribution in [0.5, 0.6) is 0 Å². The van der Waals surface area contributed by atoms with Crippen LogP contribution in [-0.4, -0.2) is 40.9 Å². The Balaban J connectivity index is 1.55. The van der Waals surface area contributed by atoms with Gasteiger partial charge in [-0.05, 0) is 49.4 Å². The average Bonchev–Trinajstić information content (AvgIpc) is 3.45. The van der Waals surface area contributed by atoms with Gasteiger partial charge >= 0.3 is 5.69 Å². The lowest BCUT2D eigenvalue weighted by Gasteiger charge is -2.08. The van der Waals surface area contributed by atoms with Crippen molar-refractivity contribution in [3.63, 3.8) is 0 Å². The summed E-state index contributed by atoms with van der Waals surface area (Å²) in [5, 5.41) is 12.0. The van der Waals surface area contributed by atoms with Gasteiger partial charge in [-0.25, -0.2) is 14.0 Å². The van der Waals surface area contributed by atoms with Crippen molar-refractivity contribution in [2.75, 3.05) is 5.32 Å². The minimum atomic E-state index is -0.601. The van der Waals surface area contributed by atoms with Crippen molar-refractivity contribution < 1.29 is 9.59 Å². The molecule has 0 saturated heterocycles. The third kappa shape index (κ3) is 4.25. The van der Waals surface area contributed by atoms with Gasteiger partial charge in [0.1, 0.15) is 6.33 Å². The molecule has 3 N–H and O–H groups in total. The van der Waals surface area contributed by atoms with E-state index >= 15 is 0 Å². The number of carbonyl (C=O) groups excluding carboxylic acids is 2. The molecular weight excluding hydrogens is 496 g/mol. The zero-order valence-corrected chi connectivity index (χ0v) is 20.6. The van der Waals surface area contributed by atoms with Gasteiger partial charge in [0, 0.05) is 30.4 Å². The zero-order valence-electron chi connectivity index (χ0n) is 19.8. The highest BCUT2D eigenvalue weighted by Gasteiger charge is 2.22. The van der Waals surface area contributed by atoms with Gasteiger partial charge in [0.25, 0.3) is 5.91 Å². The molecule has 0 radical (unpaired) electrons. The Morgan fingerprint density at radius 2 is 1.95 bits per heavy atom. The molecule has 0 atom stereocenters. The van der Waals surface area contributed by atoms with Crippen molar-refractivity contribution in [2.45, 2.75) is 13.5 Å². The maximum absolute atomic E-state index is 13.3. The van der Waals surface area contributed by atoms with Crippen LogP contribution in [0.3, 0.4) is 0 Å². The van der Waals surface area contributed by atoms with E-state index in [-0.39, 0.29) is 16.9 Å². The van der Waals surface area contributed by atoms with Crippen LogP contribution in [0.4, 0.5) is 5.69 Å². The number of amides is 2. The number of hydrogen-bond acceptors (Lipinski definition) is 6. The van der Waals surface area contributed by atoms with Crippen molar-refractivity contribution in [3.05, 3.63) is 87.8 Å². The molecule has 0 aliphatic carbocycles. The molecule has 5 aromatic rings. The van der Waals surface area contributed by atoms with Crippen LogP contribution in [0, 0.1) is 0 Å². The van der Waals surface area contributed by atoms with E-state index in [0.717, 1.165) is 0 Å². The van der Waals surface area contributed by atoms with Gasteiger partial charge in [0.15, 0.2) is 5.69 Å². The number of aryl methyl sites for hydroxylation is 2. The first-order valence-electron chi connectivity index (χ1n) is 11.3. The van der Waals surface area contributed by atoms with E-state index in [9.17, 15) is 14.4 Å². The molecule has 0 unspecified atom stereocenters. The van der Waals surface area contributed by atoms with Crippen LogP contribution in [0.1, 0.15) is 27.8 Å². The molecule has 0 aliphatic rings. The summed E-state index contributed by atoms with van der Waals surface area (Å²) < 4.78 is 4.29. The lowest BCUT2D eigenvalue weighted by molar-refractivity contribution is 0.0995. The normalized spacial score (nSPS) is 11.1. The van der Waals surface area contributed by atoms with Gasteiger partial charge in [0.2, 0.25) is 5.91 Å². The van der Waals surface area contributed by atoms with Gasteiger partial charge in [-0.15, -0.1) is 0 Å². The summed E-state index contributed by atoms with van der Waals surface area (Å²) >= 11 is 6.85. The quantitative estimate of drug-likeness (QED) is 0.355. The summed E-state index contributed by atoms with van der Waals surface area (Å²) in [7, 11) is 1.56. The molecule has 0 spiro atoms. The highest BCUT2D eigenvalue weighted by atomic mass is 35.5. The third-order valence-electron chi connectivity index (χ3n) is 5.90. The predicted molar refractivity (Wildman–Crippen MR) is 139 cm³/mol. The van der Waals surface area contributed by atoms with Crippen molar-refractivity contribution in [2.24, 2.45) is 12.8 Å². The van der Waals surface area contributed by atoms with Gasteiger partial charge in [-0.3, -0.25) is 19.3 Å². The zero-order chi connectivity index (χ0) is 26.3. The Labute approximate surface area is 215 Å². The number of pyridine rings is 1. The molecule has 2 aromatic carbocycles. The molecule has 0 saturated carbocycles. The second-order valence-electron chi connectivity index (χ2n) is 8.19. The molecule has 0 aliphatic heterocycles. The molecule has 11 nitrogen and oxygen atoms in total. The number of aromatic nitrogens is 6. The van der Waals surface area contributed by atoms with Crippen molar-refractivity contribution in [1.29, 1.82) is 0 Å². The Morgan fingerprint density at radius 3 is 2.59 bits per heavy atom. The monoisotopic (exact) mass is 516 g/mol. The smallest absolute Gasteiger partial charge is 0.350 e. The Bertz CT molecular complexity index is 1730. The SMILES string of the molecule is CCn1nc(C(=O)Nc2cccc(C(N)=O)c2)c2c(Cl)c(-c3ccc(-n4cnn(C)c4=O)cn3)ccc21. The van der Waals surface area contributed by atoms with E-state index in [0.29, 0.717) is 45.1 Å². The second-order valence-corrected chi connectivity index (χ2v) is 8.57. The maximum atomic E-state index is 13.3. The first-order valence-corrected chi connectivity index (χ1v) is 11.6. The van der Waals surface area contributed by atoms with Crippen LogP contribution in [-0.2, 0) is 13.6 Å². The van der Waals surface area contributed by atoms with E-state index in [1.54, 1.807) is 48.3 Å². The number of primary amides is 1. The topological polar surface area (TPSA) is 143 Å². The molecule has 3 aromatic heterocycles. The van der Waals surface area contributed by atoms with E-state index in [1.165, 1.54) is 21.6 Å². The molecular formula is C25H21ClN8O3. The fraction of sp³-hybridized carbons (Fsp3) is 0.120. The lowest BCUT2D eigenvalue weighted by Crippen LogP contribution is -2.21. The predicted octanol–water partition coefficient (Wildman–Crippen LogP) is 3.01. The van der Waals surface area contributed by atoms with Crippen molar-refractivity contribution in [1.82, 2.24) is 29.1 Å². The summed E-state index contributed by atoms with van der Waals surface area (Å²) in [6.07, 6.45) is 2.97. The highest BCUT2D eigenvalue weighted by molar-refractivity contribution is 6.39. The minimum Gasteiger partial charge on any atom is -0.366 e. The number of nitrogens with one attached hydrogen (secondary N) is 1. The van der Waals surface area contributed by atoms with Crippen LogP contribution < -0.4 is 16.7 Å². The van der Waals surface area contributed by atoms with Gasteiger partial charge in [0.05, 0.1) is 33.5 Å². The van der Waals surface area contributed by atoms with Crippen LogP contribution >= 0.6 is 11.6 Å². The number of fused-ring (bicyclic) bond motifs is 1. The maximum Gasteiger partial charge on any atom is 0.350 e. The van der Waals surface area contributed by atoms with Crippen LogP contribution in [0.2, 0.25) is 5.02 Å². The number of nitrogens with zero attached hydrogens (tertiary/aromatic N) is 6. The van der Waals surface area contributed by atoms with E-state index in [1.807, 2.05) is 19.1 Å². The molecule has 186 valence electrons. The number of benzene rings is 2. The summed E-state index contributed by atoms with van der Waals surface area (Å²) in [5.74, 6) is -1.09. The Morgan fingerprint density at radius 1 is 1.14 bits per heavy atom. The fourth-order valence-electron chi connectivity index (χ4n) is 4.02. The average molecular weight is 517 g/mol. The number of carbonyl (C=O) groups is 2. The minimum absolute atomic E-state index is 0.131. The second kappa shape index (κ2) is 9.36. The van der Waals surface area contributed by atoms with Crippen molar-refractivity contribution >= 4 is 40.0 Å². The standard InChI is InChI=1S/C25H21ClN8O3/c1-3-34-19-10-8-17(18-9-7-16(12-28-18)33-13-29-32(2)25(33)37)21(26)20(19)22(31-34)24(36)30-15-6-4-5-14(11-15)23(27)35/h4-13H,3H2,1-2H3,(H2,27,35)(H,30,36). The highest BCUT2D eigenvalue weighted by Crippen LogP contribution is 2.36. The van der Waals surface area contributed by atoms with E-state index in [2.05, 4.69) is 20.5 Å². The number of rotatable bonds is 6. The lowest BCUT2D eigenvalue weighted by atomic mass is 10.1. The van der Waals surface area contributed by atoms with Crippen molar-refractivity contribution in [3.8, 4) is 16.9 Å². The molecule has 5 rings (SSSR count). The molecule has 3 heterocycles. The van der Waals surface area contributed by atoms with E-state index < -0.39 is 11.8 Å². The van der Waals surface area contributed by atoms with Crippen LogP contribution in [0.25, 0.3) is 27.8 Å². The van der Waals surface area contributed by atoms with E-state index in [4.69, 9.17) is 17.3 Å². The van der Waals surface area contributed by atoms with Gasteiger partial charge < -0.3 is 11.1 Å². The third-order valence-corrected chi connectivity index (χ3v) is 6.29. The summed E-state index contributed by atoms with van der Waals surface area (Å²) in [4.78, 5) is 41.4. The summed E-state index contributed by atoms with van der Waals surface area (Å²) in [6.45, 7) is 2.43. The molecule has 12 heteroatoms. The Kier molecular flexibility index (Phi) is 6.06. The number of anilines is 1. The summed E-state index contributed by atoms with van der Waals surface area (Å²) in [5.41, 5.74) is 8.24. The number of nitrogens with two attached hydrogens (primary N) is 1. The summed E-state index contributed by atoms with van der Waals surface area (Å²) in [6, 6.07) is 13.4. The number of hydrogen-bond donors (Lipinski definition) is 2. The fourth-order valence-corrected chi connectivity index (χ4v) is 4.36. The van der Waals surface area contributed by atoms with Gasteiger partial charge in [-0.2, -0.15) is 10.2 Å². The first kappa shape index (κ1) is 23.9. The molecule has 37 heavy (non-hydrogen) atoms. The Hall–Kier alpha value is -4.77. The molecule has 0 fully saturated rings. The van der Waals surface area contributed by atoms with Crippen LogP contribution in [0.15, 0.2) is 65.8 Å². The molecule has 0 bridgehead atoms. The van der Waals surface area contributed by atoms with Gasteiger partial charge in [-0.1, -0.05) is 17.7 Å². The largest absolute Gasteiger partial charge is 0.366 e.